The first-order valence-electron chi connectivity index (χ1n) is 20.9. The van der Waals surface area contributed by atoms with Crippen LogP contribution in [0.15, 0.2) is 191 Å². The van der Waals surface area contributed by atoms with Crippen LogP contribution in [0.4, 0.5) is 0 Å². The van der Waals surface area contributed by atoms with Crippen LogP contribution in [-0.2, 0) is 6.42 Å². The van der Waals surface area contributed by atoms with Crippen LogP contribution in [0, 0.1) is 0 Å². The van der Waals surface area contributed by atoms with E-state index in [2.05, 4.69) is 133 Å². The molecule has 0 radical (unpaired) electrons. The van der Waals surface area contributed by atoms with E-state index in [4.69, 9.17) is 23.8 Å². The first kappa shape index (κ1) is 34.0. The van der Waals surface area contributed by atoms with Crippen LogP contribution in [0.5, 0.6) is 0 Å². The summed E-state index contributed by atoms with van der Waals surface area (Å²) in [6.07, 6.45) is 1.78. The van der Waals surface area contributed by atoms with Crippen molar-refractivity contribution in [3.63, 3.8) is 0 Å². The Balaban J connectivity index is 1.12. The molecule has 0 amide bonds. The molecule has 0 N–H and O–H groups in total. The lowest BCUT2D eigenvalue weighted by Gasteiger charge is -2.23. The van der Waals surface area contributed by atoms with Crippen molar-refractivity contribution in [2.75, 3.05) is 0 Å². The lowest BCUT2D eigenvalue weighted by Crippen LogP contribution is -2.08. The van der Waals surface area contributed by atoms with Crippen LogP contribution in [0.25, 0.3) is 111 Å². The highest BCUT2D eigenvalue weighted by atomic mass is 16.3. The summed E-state index contributed by atoms with van der Waals surface area (Å²) in [4.78, 5) is 16.0. The topological polar surface area (TPSA) is 65.0 Å². The maximum atomic E-state index is 6.69. The molecule has 5 heteroatoms. The summed E-state index contributed by atoms with van der Waals surface area (Å²) in [6.45, 7) is 0. The second kappa shape index (κ2) is 13.3. The van der Waals surface area contributed by atoms with E-state index in [9.17, 15) is 0 Å². The fourth-order valence-corrected chi connectivity index (χ4v) is 9.93. The van der Waals surface area contributed by atoms with Crippen molar-refractivity contribution in [1.29, 1.82) is 0 Å². The number of aryl methyl sites for hydroxylation is 1. The molecule has 0 saturated carbocycles. The maximum Gasteiger partial charge on any atom is 0.167 e. The van der Waals surface area contributed by atoms with Gasteiger partial charge in [-0.25, -0.2) is 15.0 Å². The fraction of sp³-hybridized carbons (Fsp3) is 0.0536. The van der Waals surface area contributed by atoms with E-state index in [-0.39, 0.29) is 5.92 Å². The predicted molar refractivity (Wildman–Crippen MR) is 248 cm³/mol. The highest BCUT2D eigenvalue weighted by molar-refractivity contribution is 6.10. The Morgan fingerprint density at radius 2 is 1.03 bits per heavy atom. The minimum Gasteiger partial charge on any atom is -0.456 e. The number of nitrogens with zero attached hydrogens (tertiary/aromatic N) is 3. The minimum absolute atomic E-state index is 0.0246. The largest absolute Gasteiger partial charge is 0.456 e. The second-order valence-electron chi connectivity index (χ2n) is 16.2. The van der Waals surface area contributed by atoms with Gasteiger partial charge in [-0.3, -0.25) is 0 Å². The summed E-state index contributed by atoms with van der Waals surface area (Å²) in [7, 11) is 0. The molecule has 12 aromatic rings. The summed E-state index contributed by atoms with van der Waals surface area (Å²) in [5.74, 6) is 1.74. The Bertz CT molecular complexity index is 3730. The Morgan fingerprint density at radius 1 is 0.393 bits per heavy atom. The van der Waals surface area contributed by atoms with Crippen LogP contribution < -0.4 is 0 Å². The van der Waals surface area contributed by atoms with Gasteiger partial charge in [0.2, 0.25) is 0 Å². The quantitative estimate of drug-likeness (QED) is 0.178. The molecule has 0 saturated heterocycles. The SMILES string of the molecule is c1ccc(-c2nc(-c3cc4c(cc3[C@@H]3CCc5cc6ccccc6cc5-c5ccc6ccccc6c53)oc3ccccc34)nc(-c3cccc4c3oc3ccccc34)n2)cc1. The van der Waals surface area contributed by atoms with Gasteiger partial charge in [0.1, 0.15) is 22.3 Å². The average Bonchev–Trinajstić information content (AvgIpc) is 3.84. The first-order valence-corrected chi connectivity index (χ1v) is 20.9. The zero-order valence-electron chi connectivity index (χ0n) is 33.0. The lowest BCUT2D eigenvalue weighted by molar-refractivity contribution is 0.665. The average molecular weight is 782 g/mol. The molecule has 3 aromatic heterocycles. The van der Waals surface area contributed by atoms with E-state index in [0.717, 1.165) is 79.0 Å². The number of hydrogen-bond acceptors (Lipinski definition) is 5. The molecular weight excluding hydrogens is 747 g/mol. The molecule has 0 fully saturated rings. The Kier molecular flexibility index (Phi) is 7.43. The van der Waals surface area contributed by atoms with E-state index >= 15 is 0 Å². The molecule has 0 spiro atoms. The van der Waals surface area contributed by atoms with E-state index < -0.39 is 0 Å². The molecule has 1 atom stereocenters. The van der Waals surface area contributed by atoms with E-state index in [1.54, 1.807) is 0 Å². The smallest absolute Gasteiger partial charge is 0.167 e. The van der Waals surface area contributed by atoms with Crippen molar-refractivity contribution < 1.29 is 8.83 Å². The highest BCUT2D eigenvalue weighted by Crippen LogP contribution is 2.49. The predicted octanol–water partition coefficient (Wildman–Crippen LogP) is 14.7. The third kappa shape index (κ3) is 5.37. The summed E-state index contributed by atoms with van der Waals surface area (Å²) >= 11 is 0. The van der Waals surface area contributed by atoms with Crippen LogP contribution in [0.2, 0.25) is 0 Å². The maximum absolute atomic E-state index is 6.69. The third-order valence-corrected chi connectivity index (χ3v) is 12.8. The zero-order chi connectivity index (χ0) is 40.0. The van der Waals surface area contributed by atoms with Gasteiger partial charge in [0.05, 0.1) is 5.56 Å². The number of para-hydroxylation sites is 3. The monoisotopic (exact) mass is 781 g/mol. The van der Waals surface area contributed by atoms with E-state index in [1.165, 1.54) is 43.8 Å². The fourth-order valence-electron chi connectivity index (χ4n) is 9.93. The number of hydrogen-bond donors (Lipinski definition) is 0. The van der Waals surface area contributed by atoms with E-state index in [0.29, 0.717) is 17.5 Å². The summed E-state index contributed by atoms with van der Waals surface area (Å²) in [5, 5.41) is 9.14. The number of aromatic nitrogens is 3. The van der Waals surface area contributed by atoms with Gasteiger partial charge in [0.15, 0.2) is 17.5 Å². The normalized spacial score (nSPS) is 13.9. The van der Waals surface area contributed by atoms with Crippen molar-refractivity contribution in [2.24, 2.45) is 0 Å². The summed E-state index contributed by atoms with van der Waals surface area (Å²) in [6, 6.07) is 64.4. The molecule has 286 valence electrons. The molecular formula is C56H35N3O2. The number of benzene rings is 9. The molecule has 61 heavy (non-hydrogen) atoms. The van der Waals surface area contributed by atoms with Gasteiger partial charge in [0.25, 0.3) is 0 Å². The van der Waals surface area contributed by atoms with Gasteiger partial charge < -0.3 is 8.83 Å². The number of fused-ring (bicyclic) bond motifs is 12. The van der Waals surface area contributed by atoms with Crippen molar-refractivity contribution in [3.8, 4) is 45.3 Å². The molecule has 0 aliphatic heterocycles. The van der Waals surface area contributed by atoms with Gasteiger partial charge in [-0.1, -0.05) is 146 Å². The molecule has 1 aliphatic rings. The molecule has 5 nitrogen and oxygen atoms in total. The van der Waals surface area contributed by atoms with Crippen LogP contribution in [0.3, 0.4) is 0 Å². The molecule has 1 aliphatic carbocycles. The van der Waals surface area contributed by atoms with Crippen molar-refractivity contribution in [1.82, 2.24) is 15.0 Å². The Morgan fingerprint density at radius 3 is 1.85 bits per heavy atom. The van der Waals surface area contributed by atoms with Crippen molar-refractivity contribution in [3.05, 3.63) is 199 Å². The van der Waals surface area contributed by atoms with Crippen molar-refractivity contribution in [2.45, 2.75) is 18.8 Å². The Hall–Kier alpha value is -7.89. The number of rotatable bonds is 4. The zero-order valence-corrected chi connectivity index (χ0v) is 33.0. The van der Waals surface area contributed by atoms with E-state index in [1.807, 2.05) is 48.5 Å². The molecule has 9 aromatic carbocycles. The van der Waals surface area contributed by atoms with Gasteiger partial charge in [-0.15, -0.1) is 0 Å². The lowest BCUT2D eigenvalue weighted by atomic mass is 9.80. The second-order valence-corrected chi connectivity index (χ2v) is 16.2. The van der Waals surface area contributed by atoms with Crippen LogP contribution >= 0.6 is 0 Å². The van der Waals surface area contributed by atoms with Gasteiger partial charge in [-0.2, -0.15) is 0 Å². The molecule has 0 bridgehead atoms. The number of furan rings is 2. The minimum atomic E-state index is -0.0246. The van der Waals surface area contributed by atoms with Crippen LogP contribution in [0.1, 0.15) is 29.0 Å². The molecule has 3 heterocycles. The standard InChI is InChI=1S/C56H35N3O2/c1-2-14-34(15-3-1)54-57-55(44-22-12-21-43-39-19-8-11-24-50(39)61-53(43)44)59-56(58-54)48-31-47-40-20-9-10-23-49(40)60-51(47)32-46(48)42-28-26-37-29-35-16-4-5-17-36(35)30-45(37)41-27-25-33-13-6-7-18-38(33)52(41)42/h1-25,27,29-32,42H,26,28H2/t42-/m0/s1. The van der Waals surface area contributed by atoms with Gasteiger partial charge >= 0.3 is 0 Å². The molecule has 0 unspecified atom stereocenters. The van der Waals surface area contributed by atoms with Gasteiger partial charge in [-0.05, 0) is 98.6 Å². The summed E-state index contributed by atoms with van der Waals surface area (Å²) in [5.41, 5.74) is 12.3. The van der Waals surface area contributed by atoms with Crippen molar-refractivity contribution >= 4 is 65.4 Å². The third-order valence-electron chi connectivity index (χ3n) is 12.8. The summed E-state index contributed by atoms with van der Waals surface area (Å²) < 4.78 is 13.3. The van der Waals surface area contributed by atoms with Gasteiger partial charge in [0, 0.05) is 38.6 Å². The highest BCUT2D eigenvalue weighted by Gasteiger charge is 2.30. The molecule has 13 rings (SSSR count). The first-order chi connectivity index (χ1) is 30.2. The van der Waals surface area contributed by atoms with Crippen LogP contribution in [-0.4, -0.2) is 15.0 Å². The Labute approximate surface area is 350 Å².